The molecule has 0 amide bonds. The van der Waals surface area contributed by atoms with Crippen molar-refractivity contribution in [2.24, 2.45) is 0 Å². The number of methoxy groups -OCH3 is 1. The lowest BCUT2D eigenvalue weighted by Gasteiger charge is -2.06. The molecular weight excluding hydrogens is 370 g/mol. The van der Waals surface area contributed by atoms with E-state index in [9.17, 15) is 9.90 Å². The molecule has 3 heterocycles. The molecule has 148 valence electrons. The molecule has 0 aliphatic rings. The van der Waals surface area contributed by atoms with Crippen LogP contribution in [0.4, 0.5) is 0 Å². The van der Waals surface area contributed by atoms with Crippen molar-refractivity contribution in [3.63, 3.8) is 0 Å². The first-order chi connectivity index (χ1) is 14.1. The number of H-pyrrole nitrogens is 1. The molecule has 0 unspecified atom stereocenters. The van der Waals surface area contributed by atoms with Gasteiger partial charge in [0.25, 0.3) is 0 Å². The zero-order chi connectivity index (χ0) is 20.4. The molecule has 0 saturated carbocycles. The number of benzene rings is 1. The Balaban J connectivity index is 1.92. The van der Waals surface area contributed by atoms with Crippen LogP contribution in [0.5, 0.6) is 5.75 Å². The summed E-state index contributed by atoms with van der Waals surface area (Å²) in [6.45, 7) is 2.90. The molecule has 0 radical (unpaired) electrons. The van der Waals surface area contributed by atoms with Gasteiger partial charge in [0.1, 0.15) is 17.1 Å². The van der Waals surface area contributed by atoms with Crippen LogP contribution in [0.1, 0.15) is 5.76 Å². The highest BCUT2D eigenvalue weighted by Crippen LogP contribution is 2.36. The molecule has 3 aromatic heterocycles. The fraction of sp³-hybridized carbons (Fsp3) is 0.182. The summed E-state index contributed by atoms with van der Waals surface area (Å²) in [4.78, 5) is 20.2. The Morgan fingerprint density at radius 1 is 1.21 bits per heavy atom. The average molecular weight is 391 g/mol. The van der Waals surface area contributed by atoms with Crippen molar-refractivity contribution in [3.05, 3.63) is 70.7 Å². The number of hydrogen-bond donors (Lipinski definition) is 2. The molecule has 4 rings (SSSR count). The van der Waals surface area contributed by atoms with E-state index < -0.39 is 11.2 Å². The van der Waals surface area contributed by atoms with E-state index in [1.165, 1.54) is 6.07 Å². The Labute approximate surface area is 167 Å². The average Bonchev–Trinajstić information content (AvgIpc) is 3.36. The Morgan fingerprint density at radius 2 is 2.00 bits per heavy atom. The third-order valence-corrected chi connectivity index (χ3v) is 4.63. The highest BCUT2D eigenvalue weighted by Gasteiger charge is 2.22. The van der Waals surface area contributed by atoms with Crippen LogP contribution in [0.3, 0.4) is 0 Å². The van der Waals surface area contributed by atoms with Crippen LogP contribution in [0.2, 0.25) is 0 Å². The van der Waals surface area contributed by atoms with Gasteiger partial charge in [-0.3, -0.25) is 4.79 Å². The molecule has 2 N–H and O–H groups in total. The van der Waals surface area contributed by atoms with Gasteiger partial charge in [0.05, 0.1) is 12.3 Å². The maximum Gasteiger partial charge on any atom is 0.227 e. The molecule has 4 aromatic rings. The minimum atomic E-state index is -0.498. The fourth-order valence-corrected chi connectivity index (χ4v) is 3.25. The fourth-order valence-electron chi connectivity index (χ4n) is 3.25. The molecule has 0 atom stereocenters. The largest absolute Gasteiger partial charge is 0.501 e. The maximum atomic E-state index is 12.1. The van der Waals surface area contributed by atoms with E-state index in [-0.39, 0.29) is 5.76 Å². The van der Waals surface area contributed by atoms with Crippen molar-refractivity contribution in [2.75, 3.05) is 13.7 Å². The predicted octanol–water partition coefficient (Wildman–Crippen LogP) is 3.83. The summed E-state index contributed by atoms with van der Waals surface area (Å²) in [6.07, 6.45) is 1.95. The van der Waals surface area contributed by atoms with Gasteiger partial charge in [-0.25, -0.2) is 4.98 Å². The van der Waals surface area contributed by atoms with E-state index in [1.807, 2.05) is 53.2 Å². The van der Waals surface area contributed by atoms with E-state index in [2.05, 4.69) is 4.98 Å². The van der Waals surface area contributed by atoms with Crippen LogP contribution in [0.15, 0.2) is 63.9 Å². The monoisotopic (exact) mass is 391 g/mol. The third-order valence-electron chi connectivity index (χ3n) is 4.63. The lowest BCUT2D eigenvalue weighted by Crippen LogP contribution is -2.04. The highest BCUT2D eigenvalue weighted by atomic mass is 16.5. The van der Waals surface area contributed by atoms with Gasteiger partial charge in [-0.2, -0.15) is 0 Å². The van der Waals surface area contributed by atoms with Gasteiger partial charge in [-0.1, -0.05) is 30.3 Å². The third kappa shape index (κ3) is 3.60. The van der Waals surface area contributed by atoms with Crippen molar-refractivity contribution < 1.29 is 14.3 Å². The number of aryl methyl sites for hydroxylation is 1. The van der Waals surface area contributed by atoms with Crippen molar-refractivity contribution >= 4 is 0 Å². The molecule has 0 bridgehead atoms. The van der Waals surface area contributed by atoms with Gasteiger partial charge in [0.15, 0.2) is 11.6 Å². The second kappa shape index (κ2) is 7.81. The minimum Gasteiger partial charge on any atom is -0.501 e. The van der Waals surface area contributed by atoms with Crippen LogP contribution in [0.25, 0.3) is 34.2 Å². The van der Waals surface area contributed by atoms with Gasteiger partial charge in [-0.05, 0) is 19.1 Å². The first kappa shape index (κ1) is 18.8. The second-order valence-electron chi connectivity index (χ2n) is 6.65. The Morgan fingerprint density at radius 3 is 2.76 bits per heavy atom. The molecule has 0 aliphatic heterocycles. The summed E-state index contributed by atoms with van der Waals surface area (Å²) in [7, 11) is 1.66. The molecule has 7 heteroatoms. The molecule has 0 fully saturated rings. The summed E-state index contributed by atoms with van der Waals surface area (Å²) in [5.41, 5.74) is 2.24. The van der Waals surface area contributed by atoms with E-state index in [0.717, 1.165) is 11.3 Å². The van der Waals surface area contributed by atoms with Gasteiger partial charge in [0, 0.05) is 31.5 Å². The Kier molecular flexibility index (Phi) is 5.05. The van der Waals surface area contributed by atoms with Crippen LogP contribution >= 0.6 is 0 Å². The molecule has 0 spiro atoms. The standard InChI is InChI=1S/C22H21N3O4/c1-14-13-17(26)20(27)21(29-14)19-18(15-7-4-3-5-8-15)23-22(24-19)16-9-6-10-25(16)11-12-28-2/h3-10,13,27H,11-12H2,1-2H3,(H,23,24). The van der Waals surface area contributed by atoms with Crippen molar-refractivity contribution in [1.29, 1.82) is 0 Å². The molecule has 0 aliphatic carbocycles. The summed E-state index contributed by atoms with van der Waals surface area (Å²) in [5.74, 6) is 0.630. The Bertz CT molecular complexity index is 1190. The van der Waals surface area contributed by atoms with Crippen LogP contribution in [-0.4, -0.2) is 33.4 Å². The molecule has 7 nitrogen and oxygen atoms in total. The van der Waals surface area contributed by atoms with Crippen LogP contribution < -0.4 is 5.43 Å². The number of hydrogen-bond acceptors (Lipinski definition) is 5. The predicted molar refractivity (Wildman–Crippen MR) is 110 cm³/mol. The topological polar surface area (TPSA) is 93.3 Å². The van der Waals surface area contributed by atoms with Crippen LogP contribution in [0, 0.1) is 6.92 Å². The Hall–Kier alpha value is -3.58. The van der Waals surface area contributed by atoms with Gasteiger partial charge in [-0.15, -0.1) is 0 Å². The number of rotatable bonds is 6. The van der Waals surface area contributed by atoms with E-state index in [1.54, 1.807) is 14.0 Å². The normalized spacial score (nSPS) is 11.1. The summed E-state index contributed by atoms with van der Waals surface area (Å²) >= 11 is 0. The second-order valence-corrected chi connectivity index (χ2v) is 6.65. The SMILES string of the molecule is COCCn1cccc1-c1nc(-c2ccccc2)c(-c2oc(C)cc(=O)c2O)[nH]1. The van der Waals surface area contributed by atoms with Gasteiger partial charge < -0.3 is 23.8 Å². The summed E-state index contributed by atoms with van der Waals surface area (Å²) in [5, 5.41) is 10.4. The van der Waals surface area contributed by atoms with Gasteiger partial charge >= 0.3 is 0 Å². The van der Waals surface area contributed by atoms with E-state index in [0.29, 0.717) is 36.1 Å². The molecular formula is C22H21N3O4. The van der Waals surface area contributed by atoms with Crippen molar-refractivity contribution in [3.8, 4) is 40.0 Å². The van der Waals surface area contributed by atoms with E-state index >= 15 is 0 Å². The molecule has 0 saturated heterocycles. The van der Waals surface area contributed by atoms with Crippen molar-refractivity contribution in [1.82, 2.24) is 14.5 Å². The quantitative estimate of drug-likeness (QED) is 0.521. The smallest absolute Gasteiger partial charge is 0.227 e. The molecule has 1 aromatic carbocycles. The van der Waals surface area contributed by atoms with Crippen molar-refractivity contribution in [2.45, 2.75) is 13.5 Å². The minimum absolute atomic E-state index is 0.0719. The number of ether oxygens (including phenoxy) is 1. The highest BCUT2D eigenvalue weighted by molar-refractivity contribution is 5.80. The lowest BCUT2D eigenvalue weighted by molar-refractivity contribution is 0.187. The number of aromatic nitrogens is 3. The number of nitrogens with zero attached hydrogens (tertiary/aromatic N) is 2. The summed E-state index contributed by atoms with van der Waals surface area (Å²) < 4.78 is 12.9. The maximum absolute atomic E-state index is 12.1. The zero-order valence-corrected chi connectivity index (χ0v) is 16.2. The first-order valence-corrected chi connectivity index (χ1v) is 9.22. The van der Waals surface area contributed by atoms with Gasteiger partial charge in [0.2, 0.25) is 11.2 Å². The van der Waals surface area contributed by atoms with Crippen LogP contribution in [-0.2, 0) is 11.3 Å². The number of aromatic hydroxyl groups is 1. The number of nitrogens with one attached hydrogen (secondary N) is 1. The molecule has 29 heavy (non-hydrogen) atoms. The summed E-state index contributed by atoms with van der Waals surface area (Å²) in [6, 6.07) is 14.7. The number of imidazole rings is 1. The lowest BCUT2D eigenvalue weighted by atomic mass is 10.1. The first-order valence-electron chi connectivity index (χ1n) is 9.22. The number of aromatic amines is 1. The zero-order valence-electron chi connectivity index (χ0n) is 16.2. The van der Waals surface area contributed by atoms with E-state index in [4.69, 9.17) is 14.1 Å².